The predicted octanol–water partition coefficient (Wildman–Crippen LogP) is 2.57. The smallest absolute Gasteiger partial charge is 0.328 e. The van der Waals surface area contributed by atoms with Crippen LogP contribution in [0.2, 0.25) is 0 Å². The third-order valence-corrected chi connectivity index (χ3v) is 2.50. The normalized spacial score (nSPS) is 15.2. The molecule has 16 heavy (non-hydrogen) atoms. The van der Waals surface area contributed by atoms with Crippen molar-refractivity contribution in [1.82, 2.24) is 0 Å². The van der Waals surface area contributed by atoms with Gasteiger partial charge in [-0.25, -0.2) is 4.79 Å². The largest absolute Gasteiger partial charge is 0.493 e. The van der Waals surface area contributed by atoms with E-state index in [1.807, 2.05) is 24.3 Å². The Bertz CT molecular complexity index is 405. The number of carbonyl (C=O) groups is 1. The summed E-state index contributed by atoms with van der Waals surface area (Å²) in [5.74, 6) is 0.500. The van der Waals surface area contributed by atoms with Gasteiger partial charge < -0.3 is 9.84 Å². The predicted molar refractivity (Wildman–Crippen MR) is 61.3 cm³/mol. The lowest BCUT2D eigenvalue weighted by molar-refractivity contribution is -0.131. The topological polar surface area (TPSA) is 46.5 Å². The molecule has 0 unspecified atom stereocenters. The quantitative estimate of drug-likeness (QED) is 0.772. The lowest BCUT2D eigenvalue weighted by atomic mass is 10.2. The first-order valence-corrected chi connectivity index (χ1v) is 5.38. The second-order valence-corrected chi connectivity index (χ2v) is 3.96. The first kappa shape index (κ1) is 10.7. The highest BCUT2D eigenvalue weighted by atomic mass is 16.5. The third-order valence-electron chi connectivity index (χ3n) is 2.50. The van der Waals surface area contributed by atoms with Gasteiger partial charge in [0.1, 0.15) is 5.75 Å². The van der Waals surface area contributed by atoms with Gasteiger partial charge in [0.15, 0.2) is 0 Å². The molecule has 1 aromatic carbocycles. The van der Waals surface area contributed by atoms with E-state index in [-0.39, 0.29) is 0 Å². The molecule has 1 aliphatic carbocycles. The molecular weight excluding hydrogens is 204 g/mol. The number of carboxylic acids is 1. The van der Waals surface area contributed by atoms with Crippen LogP contribution >= 0.6 is 0 Å². The van der Waals surface area contributed by atoms with Gasteiger partial charge in [-0.05, 0) is 30.9 Å². The van der Waals surface area contributed by atoms with Gasteiger partial charge >= 0.3 is 5.97 Å². The van der Waals surface area contributed by atoms with Crippen LogP contribution in [-0.2, 0) is 4.79 Å². The zero-order chi connectivity index (χ0) is 11.4. The highest BCUT2D eigenvalue weighted by Crippen LogP contribution is 2.30. The van der Waals surface area contributed by atoms with Gasteiger partial charge in [0.2, 0.25) is 0 Å². The average molecular weight is 218 g/mol. The van der Waals surface area contributed by atoms with Crippen LogP contribution in [0.25, 0.3) is 6.08 Å². The third kappa shape index (κ3) is 3.12. The number of rotatable bonds is 5. The summed E-state index contributed by atoms with van der Waals surface area (Å²) in [6.07, 6.45) is 5.17. The second kappa shape index (κ2) is 4.84. The molecule has 0 atom stereocenters. The van der Waals surface area contributed by atoms with Crippen LogP contribution in [-0.4, -0.2) is 17.7 Å². The minimum atomic E-state index is -0.947. The lowest BCUT2D eigenvalue weighted by Crippen LogP contribution is -2.00. The summed E-state index contributed by atoms with van der Waals surface area (Å²) in [4.78, 5) is 10.4. The van der Waals surface area contributed by atoms with Crippen molar-refractivity contribution in [3.8, 4) is 5.75 Å². The fourth-order valence-electron chi connectivity index (χ4n) is 1.40. The van der Waals surface area contributed by atoms with E-state index in [9.17, 15) is 4.79 Å². The van der Waals surface area contributed by atoms with Crippen molar-refractivity contribution >= 4 is 12.0 Å². The van der Waals surface area contributed by atoms with E-state index in [4.69, 9.17) is 9.84 Å². The summed E-state index contributed by atoms with van der Waals surface area (Å²) in [6.45, 7) is 0.734. The summed E-state index contributed by atoms with van der Waals surface area (Å²) in [6, 6.07) is 7.47. The molecule has 0 bridgehead atoms. The molecule has 0 saturated heterocycles. The van der Waals surface area contributed by atoms with Crippen LogP contribution in [0.3, 0.4) is 0 Å². The molecule has 0 aromatic heterocycles. The van der Waals surface area contributed by atoms with Gasteiger partial charge in [-0.2, -0.15) is 0 Å². The van der Waals surface area contributed by atoms with Crippen LogP contribution in [0, 0.1) is 5.92 Å². The van der Waals surface area contributed by atoms with Gasteiger partial charge in [0.25, 0.3) is 0 Å². The monoisotopic (exact) mass is 218 g/mol. The summed E-state index contributed by atoms with van der Waals surface area (Å²) in [5.41, 5.74) is 0.811. The first-order valence-electron chi connectivity index (χ1n) is 5.38. The molecule has 0 heterocycles. The van der Waals surface area contributed by atoms with Crippen LogP contribution in [0.5, 0.6) is 5.75 Å². The molecule has 0 amide bonds. The standard InChI is InChI=1S/C13H14O3/c14-13(15)8-7-11-3-1-2-4-12(11)16-9-10-5-6-10/h1-4,7-8,10H,5-6,9H2,(H,14,15)/b8-7+. The Labute approximate surface area is 94.4 Å². The Morgan fingerprint density at radius 3 is 2.88 bits per heavy atom. The zero-order valence-electron chi connectivity index (χ0n) is 8.93. The second-order valence-electron chi connectivity index (χ2n) is 3.96. The molecule has 3 nitrogen and oxygen atoms in total. The van der Waals surface area contributed by atoms with E-state index >= 15 is 0 Å². The first-order chi connectivity index (χ1) is 7.75. The van der Waals surface area contributed by atoms with E-state index in [1.165, 1.54) is 12.8 Å². The van der Waals surface area contributed by atoms with Crippen molar-refractivity contribution in [2.24, 2.45) is 5.92 Å². The molecule has 1 aromatic rings. The van der Waals surface area contributed by atoms with Gasteiger partial charge in [0.05, 0.1) is 6.61 Å². The number of hydrogen-bond acceptors (Lipinski definition) is 2. The molecule has 1 aliphatic rings. The number of hydrogen-bond donors (Lipinski definition) is 1. The Kier molecular flexibility index (Phi) is 3.25. The maximum Gasteiger partial charge on any atom is 0.328 e. The number of carboxylic acid groups (broad SMARTS) is 1. The fraction of sp³-hybridized carbons (Fsp3) is 0.308. The van der Waals surface area contributed by atoms with Crippen molar-refractivity contribution in [1.29, 1.82) is 0 Å². The molecule has 2 rings (SSSR count). The van der Waals surface area contributed by atoms with Gasteiger partial charge in [-0.3, -0.25) is 0 Å². The van der Waals surface area contributed by atoms with Crippen molar-refractivity contribution in [2.45, 2.75) is 12.8 Å². The SMILES string of the molecule is O=C(O)/C=C/c1ccccc1OCC1CC1. The zero-order valence-corrected chi connectivity index (χ0v) is 8.93. The summed E-state index contributed by atoms with van der Waals surface area (Å²) in [7, 11) is 0. The average Bonchev–Trinajstić information content (AvgIpc) is 3.08. The van der Waals surface area contributed by atoms with Crippen LogP contribution < -0.4 is 4.74 Å². The van der Waals surface area contributed by atoms with E-state index in [0.29, 0.717) is 5.92 Å². The van der Waals surface area contributed by atoms with Gasteiger partial charge in [-0.1, -0.05) is 18.2 Å². The molecule has 1 fully saturated rings. The van der Waals surface area contributed by atoms with Crippen LogP contribution in [0.15, 0.2) is 30.3 Å². The molecule has 0 aliphatic heterocycles. The molecule has 1 N–H and O–H groups in total. The Hall–Kier alpha value is -1.77. The number of aliphatic carboxylic acids is 1. The summed E-state index contributed by atoms with van der Waals surface area (Å²) in [5, 5.41) is 8.57. The molecule has 1 saturated carbocycles. The van der Waals surface area contributed by atoms with Crippen molar-refractivity contribution in [3.63, 3.8) is 0 Å². The summed E-state index contributed by atoms with van der Waals surface area (Å²) >= 11 is 0. The molecule has 0 radical (unpaired) electrons. The Morgan fingerprint density at radius 2 is 2.19 bits per heavy atom. The van der Waals surface area contributed by atoms with Gasteiger partial charge in [-0.15, -0.1) is 0 Å². The number of ether oxygens (including phenoxy) is 1. The van der Waals surface area contributed by atoms with E-state index in [0.717, 1.165) is 24.0 Å². The lowest BCUT2D eigenvalue weighted by Gasteiger charge is -2.07. The minimum absolute atomic E-state index is 0.691. The Balaban J connectivity index is 2.05. The van der Waals surface area contributed by atoms with E-state index in [1.54, 1.807) is 6.08 Å². The minimum Gasteiger partial charge on any atom is -0.493 e. The van der Waals surface area contributed by atoms with Crippen LogP contribution in [0.1, 0.15) is 18.4 Å². The molecular formula is C13H14O3. The van der Waals surface area contributed by atoms with Crippen LogP contribution in [0.4, 0.5) is 0 Å². The van der Waals surface area contributed by atoms with Crippen molar-refractivity contribution in [3.05, 3.63) is 35.9 Å². The number of para-hydroxylation sites is 1. The van der Waals surface area contributed by atoms with E-state index < -0.39 is 5.97 Å². The fourth-order valence-corrected chi connectivity index (χ4v) is 1.40. The highest BCUT2D eigenvalue weighted by Gasteiger charge is 2.22. The maximum absolute atomic E-state index is 10.4. The number of benzene rings is 1. The molecule has 0 spiro atoms. The highest BCUT2D eigenvalue weighted by molar-refractivity contribution is 5.85. The maximum atomic E-state index is 10.4. The molecule has 84 valence electrons. The summed E-state index contributed by atoms with van der Waals surface area (Å²) < 4.78 is 5.65. The Morgan fingerprint density at radius 1 is 1.44 bits per heavy atom. The van der Waals surface area contributed by atoms with Crippen molar-refractivity contribution in [2.75, 3.05) is 6.61 Å². The van der Waals surface area contributed by atoms with Gasteiger partial charge in [0, 0.05) is 11.6 Å². The van der Waals surface area contributed by atoms with E-state index in [2.05, 4.69) is 0 Å². The van der Waals surface area contributed by atoms with Crippen molar-refractivity contribution < 1.29 is 14.6 Å². The molecule has 3 heteroatoms.